The van der Waals surface area contributed by atoms with Gasteiger partial charge in [0.2, 0.25) is 5.95 Å². The number of nitrogens with two attached hydrogens (primary N) is 2. The molecule has 0 aliphatic carbocycles. The molecule has 1 unspecified atom stereocenters. The summed E-state index contributed by atoms with van der Waals surface area (Å²) in [4.78, 5) is 39.6. The van der Waals surface area contributed by atoms with Crippen molar-refractivity contribution in [2.75, 3.05) is 16.8 Å². The first-order valence-corrected chi connectivity index (χ1v) is 8.85. The molecule has 0 radical (unpaired) electrons. The third kappa shape index (κ3) is 4.67. The molecule has 3 rings (SSSR count). The molecule has 3 aromatic rings. The molecule has 0 fully saturated rings. The molecule has 2 aromatic heterocycles. The van der Waals surface area contributed by atoms with E-state index >= 15 is 0 Å². The zero-order chi connectivity index (χ0) is 21.8. The van der Waals surface area contributed by atoms with E-state index in [9.17, 15) is 14.7 Å². The topological polar surface area (TPSA) is 202 Å². The van der Waals surface area contributed by atoms with Gasteiger partial charge in [0.1, 0.15) is 0 Å². The van der Waals surface area contributed by atoms with E-state index in [1.54, 1.807) is 12.1 Å². The third-order valence-corrected chi connectivity index (χ3v) is 4.16. The van der Waals surface area contributed by atoms with Crippen LogP contribution < -0.4 is 22.1 Å². The minimum Gasteiger partial charge on any atom is -0.480 e. The molecule has 156 valence electrons. The van der Waals surface area contributed by atoms with Gasteiger partial charge in [-0.05, 0) is 31.2 Å². The zero-order valence-corrected chi connectivity index (χ0v) is 15.9. The number of rotatable bonds is 7. The number of aliphatic hydroxyl groups is 1. The summed E-state index contributed by atoms with van der Waals surface area (Å²) >= 11 is 0. The number of nitrogens with one attached hydrogen (secondary N) is 2. The summed E-state index contributed by atoms with van der Waals surface area (Å²) in [5.41, 5.74) is 13.5. The molecule has 1 aromatic carbocycles. The van der Waals surface area contributed by atoms with E-state index in [4.69, 9.17) is 16.6 Å². The Labute approximate surface area is 170 Å². The molecular formula is C18H20N8O4. The van der Waals surface area contributed by atoms with Crippen LogP contribution in [-0.4, -0.2) is 54.2 Å². The molecular weight excluding hydrogens is 392 g/mol. The maximum atomic E-state index is 12.2. The Morgan fingerprint density at radius 1 is 1.13 bits per heavy atom. The number of hydrogen-bond donors (Lipinski definition) is 6. The lowest BCUT2D eigenvalue weighted by atomic mass is 10.1. The molecule has 0 spiro atoms. The summed E-state index contributed by atoms with van der Waals surface area (Å²) in [7, 11) is 0. The van der Waals surface area contributed by atoms with Gasteiger partial charge in [0, 0.05) is 11.3 Å². The summed E-state index contributed by atoms with van der Waals surface area (Å²) in [6.07, 6.45) is 0.303. The van der Waals surface area contributed by atoms with E-state index in [1.165, 1.54) is 25.3 Å². The highest BCUT2D eigenvalue weighted by atomic mass is 16.4. The second kappa shape index (κ2) is 8.53. The number of anilines is 3. The molecule has 0 bridgehead atoms. The van der Waals surface area contributed by atoms with Crippen LogP contribution in [0.3, 0.4) is 0 Å². The van der Waals surface area contributed by atoms with Crippen LogP contribution in [0.15, 0.2) is 30.5 Å². The highest BCUT2D eigenvalue weighted by Crippen LogP contribution is 2.16. The Hall–Kier alpha value is -4.06. The number of carbonyl (C=O) groups excluding carboxylic acids is 1. The van der Waals surface area contributed by atoms with Gasteiger partial charge in [-0.25, -0.2) is 14.8 Å². The molecule has 2 heterocycles. The van der Waals surface area contributed by atoms with Crippen LogP contribution in [0.25, 0.3) is 11.2 Å². The van der Waals surface area contributed by atoms with Crippen molar-refractivity contribution in [1.29, 1.82) is 0 Å². The van der Waals surface area contributed by atoms with E-state index in [-0.39, 0.29) is 17.3 Å². The van der Waals surface area contributed by atoms with Crippen LogP contribution in [0.2, 0.25) is 0 Å². The Morgan fingerprint density at radius 2 is 1.83 bits per heavy atom. The molecule has 0 aliphatic rings. The fraction of sp³-hybridized carbons (Fsp3) is 0.222. The van der Waals surface area contributed by atoms with Crippen LogP contribution in [-0.2, 0) is 11.3 Å². The van der Waals surface area contributed by atoms with Crippen LogP contribution in [0, 0.1) is 0 Å². The maximum absolute atomic E-state index is 12.2. The van der Waals surface area contributed by atoms with Crippen molar-refractivity contribution in [1.82, 2.24) is 25.3 Å². The number of fused-ring (bicyclic) bond motifs is 1. The van der Waals surface area contributed by atoms with Crippen LogP contribution in [0.1, 0.15) is 23.0 Å². The van der Waals surface area contributed by atoms with Gasteiger partial charge in [-0.2, -0.15) is 9.97 Å². The lowest BCUT2D eigenvalue weighted by Gasteiger charge is -2.17. The van der Waals surface area contributed by atoms with Crippen molar-refractivity contribution in [3.63, 3.8) is 0 Å². The first-order chi connectivity index (χ1) is 14.2. The normalized spacial score (nSPS) is 12.9. The summed E-state index contributed by atoms with van der Waals surface area (Å²) < 4.78 is 0. The average molecular weight is 412 g/mol. The minimum atomic E-state index is -1.39. The van der Waals surface area contributed by atoms with Crippen molar-refractivity contribution in [3.05, 3.63) is 41.7 Å². The van der Waals surface area contributed by atoms with Gasteiger partial charge in [0.15, 0.2) is 23.0 Å². The quantitative estimate of drug-likeness (QED) is 0.299. The SMILES string of the molecule is CC(O)[C@H](NC(=O)c1ccc(NCc2cnc3nc(N)nc(N)c3n2)cc1)C(=O)O. The number of benzene rings is 1. The summed E-state index contributed by atoms with van der Waals surface area (Å²) in [5, 5.41) is 23.9. The Balaban J connectivity index is 1.65. The number of carbonyl (C=O) groups is 2. The van der Waals surface area contributed by atoms with E-state index in [0.717, 1.165) is 0 Å². The van der Waals surface area contributed by atoms with Gasteiger partial charge < -0.3 is 32.3 Å². The van der Waals surface area contributed by atoms with Gasteiger partial charge in [-0.3, -0.25) is 4.79 Å². The molecule has 1 amide bonds. The number of nitrogens with zero attached hydrogens (tertiary/aromatic N) is 4. The number of aliphatic hydroxyl groups excluding tert-OH is 1. The van der Waals surface area contributed by atoms with Crippen molar-refractivity contribution in [3.8, 4) is 0 Å². The maximum Gasteiger partial charge on any atom is 0.328 e. The molecule has 8 N–H and O–H groups in total. The van der Waals surface area contributed by atoms with Crippen molar-refractivity contribution in [2.45, 2.75) is 25.6 Å². The van der Waals surface area contributed by atoms with Gasteiger partial charge in [-0.1, -0.05) is 0 Å². The highest BCUT2D eigenvalue weighted by Gasteiger charge is 2.25. The van der Waals surface area contributed by atoms with Gasteiger partial charge >= 0.3 is 5.97 Å². The molecule has 30 heavy (non-hydrogen) atoms. The van der Waals surface area contributed by atoms with Crippen molar-refractivity contribution >= 4 is 40.5 Å². The molecule has 12 nitrogen and oxygen atoms in total. The summed E-state index contributed by atoms with van der Waals surface area (Å²) in [6, 6.07) is 4.96. The predicted octanol–water partition coefficient (Wildman–Crippen LogP) is -0.240. The Morgan fingerprint density at radius 3 is 2.47 bits per heavy atom. The highest BCUT2D eigenvalue weighted by molar-refractivity contribution is 5.97. The minimum absolute atomic E-state index is 0.0208. The third-order valence-electron chi connectivity index (χ3n) is 4.16. The second-order valence-corrected chi connectivity index (χ2v) is 6.46. The smallest absolute Gasteiger partial charge is 0.328 e. The fourth-order valence-corrected chi connectivity index (χ4v) is 2.61. The van der Waals surface area contributed by atoms with Crippen LogP contribution in [0.4, 0.5) is 17.5 Å². The lowest BCUT2D eigenvalue weighted by molar-refractivity contribution is -0.141. The molecule has 0 saturated carbocycles. The van der Waals surface area contributed by atoms with E-state index in [1.807, 2.05) is 0 Å². The number of hydrogen-bond acceptors (Lipinski definition) is 10. The molecule has 0 aliphatic heterocycles. The number of carboxylic acid groups (broad SMARTS) is 1. The molecule has 12 heteroatoms. The second-order valence-electron chi connectivity index (χ2n) is 6.46. The van der Waals surface area contributed by atoms with Crippen molar-refractivity contribution < 1.29 is 19.8 Å². The first-order valence-electron chi connectivity index (χ1n) is 8.85. The van der Waals surface area contributed by atoms with Crippen LogP contribution >= 0.6 is 0 Å². The number of aromatic nitrogens is 4. The van der Waals surface area contributed by atoms with E-state index in [2.05, 4.69) is 30.6 Å². The lowest BCUT2D eigenvalue weighted by Crippen LogP contribution is -2.47. The standard InChI is InChI=1S/C18H20N8O4/c1-8(27)12(17(29)30)24-16(28)9-2-4-10(5-3-9)21-6-11-7-22-15-13(23-11)14(19)25-18(20)26-15/h2-5,7-8,12,21,27H,6H2,1H3,(H,24,28)(H,29,30)(H4,19,20,22,25,26)/t8?,12-/m0/s1. The predicted molar refractivity (Wildman–Crippen MR) is 108 cm³/mol. The monoisotopic (exact) mass is 412 g/mol. The van der Waals surface area contributed by atoms with E-state index < -0.39 is 24.0 Å². The Kier molecular flexibility index (Phi) is 5.88. The van der Waals surface area contributed by atoms with Gasteiger partial charge in [-0.15, -0.1) is 0 Å². The molecule has 2 atom stereocenters. The zero-order valence-electron chi connectivity index (χ0n) is 15.9. The molecule has 0 saturated heterocycles. The Bertz CT molecular complexity index is 1090. The number of aliphatic carboxylic acids is 1. The number of carboxylic acids is 1. The largest absolute Gasteiger partial charge is 0.480 e. The van der Waals surface area contributed by atoms with Crippen LogP contribution in [0.5, 0.6) is 0 Å². The van der Waals surface area contributed by atoms with Crippen molar-refractivity contribution in [2.24, 2.45) is 0 Å². The number of amides is 1. The van der Waals surface area contributed by atoms with Gasteiger partial charge in [0.25, 0.3) is 5.91 Å². The van der Waals surface area contributed by atoms with E-state index in [0.29, 0.717) is 29.1 Å². The first kappa shape index (κ1) is 20.7. The fourth-order valence-electron chi connectivity index (χ4n) is 2.61. The summed E-state index contributed by atoms with van der Waals surface area (Å²) in [6.45, 7) is 1.61. The summed E-state index contributed by atoms with van der Waals surface area (Å²) in [5.74, 6) is -1.77. The number of nitrogen functional groups attached to an aromatic ring is 2. The average Bonchev–Trinajstić information content (AvgIpc) is 2.70. The van der Waals surface area contributed by atoms with Gasteiger partial charge in [0.05, 0.1) is 24.5 Å².